The molecule has 0 heterocycles. The van der Waals surface area contributed by atoms with Crippen molar-refractivity contribution in [3.63, 3.8) is 0 Å². The number of hydrogen-bond donors (Lipinski definition) is 1. The zero-order valence-electron chi connectivity index (χ0n) is 10.9. The number of nitrogens with one attached hydrogen (secondary N) is 1. The maximum absolute atomic E-state index is 12.0. The van der Waals surface area contributed by atoms with E-state index >= 15 is 0 Å². The van der Waals surface area contributed by atoms with E-state index in [0.29, 0.717) is 20.4 Å². The lowest BCUT2D eigenvalue weighted by Crippen LogP contribution is -2.35. The Morgan fingerprint density at radius 2 is 1.75 bits per heavy atom. The summed E-state index contributed by atoms with van der Waals surface area (Å²) in [5.74, 6) is 1.16. The first kappa shape index (κ1) is 17.6. The summed E-state index contributed by atoms with van der Waals surface area (Å²) in [6.07, 6.45) is -4.63. The monoisotopic (exact) mass is 419 g/mol. The molecule has 114 valence electrons. The second-order valence-corrected chi connectivity index (χ2v) is 5.80. The van der Waals surface area contributed by atoms with Gasteiger partial charge in [0.2, 0.25) is 0 Å². The van der Waals surface area contributed by atoms with Crippen LogP contribution in [0.5, 0.6) is 11.5 Å². The lowest BCUT2D eigenvalue weighted by molar-refractivity contribution is -0.125. The Balaban J connectivity index is 2.58. The van der Waals surface area contributed by atoms with Gasteiger partial charge in [0, 0.05) is 6.54 Å². The predicted octanol–water partition coefficient (Wildman–Crippen LogP) is 4.14. The predicted molar refractivity (Wildman–Crippen MR) is 77.4 cm³/mol. The van der Waals surface area contributed by atoms with Crippen molar-refractivity contribution in [1.82, 2.24) is 5.32 Å². The summed E-state index contributed by atoms with van der Waals surface area (Å²) >= 11 is 6.64. The smallest absolute Gasteiger partial charge is 0.401 e. The number of hydrogen-bond acceptors (Lipinski definition) is 3. The highest BCUT2D eigenvalue weighted by Gasteiger charge is 2.26. The average molecular weight is 421 g/mol. The van der Waals surface area contributed by atoms with Gasteiger partial charge in [0.05, 0.1) is 22.6 Å². The van der Waals surface area contributed by atoms with E-state index in [1.165, 1.54) is 7.11 Å². The normalized spacial score (nSPS) is 13.2. The summed E-state index contributed by atoms with van der Waals surface area (Å²) in [7, 11) is 1.54. The highest BCUT2D eigenvalue weighted by molar-refractivity contribution is 9.11. The zero-order valence-corrected chi connectivity index (χ0v) is 14.0. The fourth-order valence-electron chi connectivity index (χ4n) is 1.43. The molecule has 0 saturated heterocycles. The Kier molecular flexibility index (Phi) is 6.60. The van der Waals surface area contributed by atoms with Crippen molar-refractivity contribution >= 4 is 31.9 Å². The van der Waals surface area contributed by atoms with Crippen LogP contribution in [-0.4, -0.2) is 32.5 Å². The Bertz CT molecular complexity index is 455. The minimum Gasteiger partial charge on any atom is -0.496 e. The third-order valence-electron chi connectivity index (χ3n) is 2.29. The fourth-order valence-corrected chi connectivity index (χ4v) is 2.33. The summed E-state index contributed by atoms with van der Waals surface area (Å²) < 4.78 is 48.1. The van der Waals surface area contributed by atoms with Crippen molar-refractivity contribution in [1.29, 1.82) is 0 Å². The molecular weight excluding hydrogens is 407 g/mol. The first-order valence-electron chi connectivity index (χ1n) is 5.70. The molecule has 1 aromatic carbocycles. The number of benzene rings is 1. The molecule has 0 aliphatic heterocycles. The average Bonchev–Trinajstić information content (AvgIpc) is 2.31. The zero-order chi connectivity index (χ0) is 15.3. The summed E-state index contributed by atoms with van der Waals surface area (Å²) in [6, 6.07) is 3.42. The number of methoxy groups -OCH3 is 1. The van der Waals surface area contributed by atoms with Gasteiger partial charge in [0.1, 0.15) is 17.6 Å². The third kappa shape index (κ3) is 5.88. The van der Waals surface area contributed by atoms with E-state index in [9.17, 15) is 13.2 Å². The lowest BCUT2D eigenvalue weighted by Gasteiger charge is -2.18. The standard InChI is InChI=1S/C12H14Br2F3NO2/c1-7(5-18-6-12(15,16)17)20-11-4-8(13)10(19-2)3-9(11)14/h3-4,7,18H,5-6H2,1-2H3. The molecule has 1 atom stereocenters. The van der Waals surface area contributed by atoms with Crippen LogP contribution >= 0.6 is 31.9 Å². The molecule has 1 rings (SSSR count). The molecule has 0 radical (unpaired) electrons. The summed E-state index contributed by atoms with van der Waals surface area (Å²) in [5.41, 5.74) is 0. The van der Waals surface area contributed by atoms with E-state index in [1.807, 2.05) is 0 Å². The van der Waals surface area contributed by atoms with Gasteiger partial charge in [-0.25, -0.2) is 0 Å². The molecule has 0 amide bonds. The van der Waals surface area contributed by atoms with Crippen LogP contribution in [-0.2, 0) is 0 Å². The molecule has 1 N–H and O–H groups in total. The second-order valence-electron chi connectivity index (χ2n) is 4.09. The summed E-state index contributed by atoms with van der Waals surface area (Å²) in [5, 5.41) is 2.30. The molecule has 0 saturated carbocycles. The van der Waals surface area contributed by atoms with Crippen molar-refractivity contribution in [3.05, 3.63) is 21.1 Å². The van der Waals surface area contributed by atoms with E-state index < -0.39 is 18.8 Å². The Morgan fingerprint density at radius 1 is 1.20 bits per heavy atom. The van der Waals surface area contributed by atoms with E-state index in [0.717, 1.165) is 0 Å². The topological polar surface area (TPSA) is 30.5 Å². The molecule has 0 aliphatic rings. The van der Waals surface area contributed by atoms with Crippen molar-refractivity contribution in [2.75, 3.05) is 20.2 Å². The van der Waals surface area contributed by atoms with Gasteiger partial charge in [-0.3, -0.25) is 0 Å². The highest BCUT2D eigenvalue weighted by atomic mass is 79.9. The van der Waals surface area contributed by atoms with Crippen molar-refractivity contribution in [2.45, 2.75) is 19.2 Å². The van der Waals surface area contributed by atoms with Gasteiger partial charge in [0.15, 0.2) is 0 Å². The molecule has 0 aromatic heterocycles. The number of ether oxygens (including phenoxy) is 2. The Labute approximate surface area is 132 Å². The number of halogens is 5. The molecule has 20 heavy (non-hydrogen) atoms. The van der Waals surface area contributed by atoms with Gasteiger partial charge in [-0.1, -0.05) is 0 Å². The molecule has 3 nitrogen and oxygen atoms in total. The van der Waals surface area contributed by atoms with Gasteiger partial charge >= 0.3 is 6.18 Å². The van der Waals surface area contributed by atoms with E-state index in [4.69, 9.17) is 9.47 Å². The number of rotatable bonds is 6. The van der Waals surface area contributed by atoms with Gasteiger partial charge < -0.3 is 14.8 Å². The molecule has 0 fully saturated rings. The van der Waals surface area contributed by atoms with Gasteiger partial charge in [-0.15, -0.1) is 0 Å². The molecule has 8 heteroatoms. The van der Waals surface area contributed by atoms with Gasteiger partial charge in [-0.2, -0.15) is 13.2 Å². The minimum absolute atomic E-state index is 0.0929. The molecular formula is C12H14Br2F3NO2. The molecule has 0 bridgehead atoms. The second kappa shape index (κ2) is 7.51. The number of alkyl halides is 3. The van der Waals surface area contributed by atoms with Gasteiger partial charge in [-0.05, 0) is 50.9 Å². The minimum atomic E-state index is -4.22. The lowest BCUT2D eigenvalue weighted by atomic mass is 10.3. The first-order valence-corrected chi connectivity index (χ1v) is 7.28. The van der Waals surface area contributed by atoms with Crippen LogP contribution in [0.1, 0.15) is 6.92 Å². The third-order valence-corrected chi connectivity index (χ3v) is 3.53. The maximum atomic E-state index is 12.0. The summed E-state index contributed by atoms with van der Waals surface area (Å²) in [4.78, 5) is 0. The SMILES string of the molecule is COc1cc(Br)c(OC(C)CNCC(F)(F)F)cc1Br. The van der Waals surface area contributed by atoms with Crippen molar-refractivity contribution in [2.24, 2.45) is 0 Å². The van der Waals surface area contributed by atoms with Crippen LogP contribution in [0.3, 0.4) is 0 Å². The molecule has 1 aromatic rings. The summed E-state index contributed by atoms with van der Waals surface area (Å²) in [6.45, 7) is 0.748. The molecule has 1 unspecified atom stereocenters. The van der Waals surface area contributed by atoms with Gasteiger partial charge in [0.25, 0.3) is 0 Å². The quantitative estimate of drug-likeness (QED) is 0.750. The van der Waals surface area contributed by atoms with Crippen LogP contribution in [0.4, 0.5) is 13.2 Å². The van der Waals surface area contributed by atoms with Crippen LogP contribution in [0.2, 0.25) is 0 Å². The van der Waals surface area contributed by atoms with E-state index in [2.05, 4.69) is 37.2 Å². The van der Waals surface area contributed by atoms with E-state index in [1.54, 1.807) is 19.1 Å². The van der Waals surface area contributed by atoms with Crippen molar-refractivity contribution in [3.8, 4) is 11.5 Å². The maximum Gasteiger partial charge on any atom is 0.401 e. The van der Waals surface area contributed by atoms with Crippen LogP contribution < -0.4 is 14.8 Å². The molecule has 0 spiro atoms. The van der Waals surface area contributed by atoms with Crippen LogP contribution in [0, 0.1) is 0 Å². The highest BCUT2D eigenvalue weighted by Crippen LogP contribution is 2.36. The Morgan fingerprint density at radius 3 is 2.30 bits per heavy atom. The van der Waals surface area contributed by atoms with Crippen molar-refractivity contribution < 1.29 is 22.6 Å². The Hall–Kier alpha value is -0.470. The van der Waals surface area contributed by atoms with E-state index in [-0.39, 0.29) is 6.54 Å². The fraction of sp³-hybridized carbons (Fsp3) is 0.500. The van der Waals surface area contributed by atoms with Crippen LogP contribution in [0.25, 0.3) is 0 Å². The molecule has 0 aliphatic carbocycles. The first-order chi connectivity index (χ1) is 9.23. The largest absolute Gasteiger partial charge is 0.496 e. The van der Waals surface area contributed by atoms with Crippen LogP contribution in [0.15, 0.2) is 21.1 Å².